The molecular formula is C18H27NO4. The van der Waals surface area contributed by atoms with Crippen molar-refractivity contribution < 1.29 is 19.1 Å². The molecule has 0 heterocycles. The van der Waals surface area contributed by atoms with Crippen LogP contribution in [0.5, 0.6) is 5.75 Å². The number of rotatable bonds is 10. The summed E-state index contributed by atoms with van der Waals surface area (Å²) in [7, 11) is 1.57. The summed E-state index contributed by atoms with van der Waals surface area (Å²) in [6.07, 6.45) is 3.28. The minimum Gasteiger partial charge on any atom is -0.497 e. The fourth-order valence-electron chi connectivity index (χ4n) is 2.27. The number of ether oxygens (including phenoxy) is 2. The molecule has 0 spiro atoms. The van der Waals surface area contributed by atoms with Crippen LogP contribution in [0.3, 0.4) is 0 Å². The van der Waals surface area contributed by atoms with Crippen LogP contribution in [0.25, 0.3) is 0 Å². The van der Waals surface area contributed by atoms with E-state index in [-0.39, 0.29) is 18.3 Å². The summed E-state index contributed by atoms with van der Waals surface area (Å²) in [6, 6.07) is 7.08. The summed E-state index contributed by atoms with van der Waals surface area (Å²) in [5.41, 5.74) is 0.574. The van der Waals surface area contributed by atoms with Crippen molar-refractivity contribution in [3.63, 3.8) is 0 Å². The molecule has 0 aliphatic rings. The highest BCUT2D eigenvalue weighted by Gasteiger charge is 2.17. The highest BCUT2D eigenvalue weighted by molar-refractivity contribution is 5.94. The molecule has 5 nitrogen and oxygen atoms in total. The first-order valence-electron chi connectivity index (χ1n) is 8.21. The molecule has 0 aliphatic heterocycles. The molecule has 0 saturated heterocycles. The Labute approximate surface area is 138 Å². The Morgan fingerprint density at radius 2 is 1.91 bits per heavy atom. The molecule has 1 rings (SSSR count). The number of esters is 1. The molecule has 5 heteroatoms. The second kappa shape index (κ2) is 10.6. The Bertz CT molecular complexity index is 502. The molecule has 0 radical (unpaired) electrons. The van der Waals surface area contributed by atoms with Crippen molar-refractivity contribution in [1.29, 1.82) is 0 Å². The highest BCUT2D eigenvalue weighted by Crippen LogP contribution is 2.15. The van der Waals surface area contributed by atoms with Crippen molar-refractivity contribution >= 4 is 11.9 Å². The van der Waals surface area contributed by atoms with Gasteiger partial charge < -0.3 is 14.4 Å². The molecule has 0 unspecified atom stereocenters. The van der Waals surface area contributed by atoms with E-state index in [9.17, 15) is 9.59 Å². The van der Waals surface area contributed by atoms with E-state index in [1.807, 2.05) is 0 Å². The molecule has 0 saturated carbocycles. The lowest BCUT2D eigenvalue weighted by Gasteiger charge is -2.22. The van der Waals surface area contributed by atoms with E-state index in [0.29, 0.717) is 31.0 Å². The van der Waals surface area contributed by atoms with Gasteiger partial charge in [0.2, 0.25) is 0 Å². The van der Waals surface area contributed by atoms with Gasteiger partial charge in [-0.2, -0.15) is 0 Å². The van der Waals surface area contributed by atoms with Gasteiger partial charge in [0.05, 0.1) is 20.1 Å². The van der Waals surface area contributed by atoms with Gasteiger partial charge in [0, 0.05) is 18.7 Å². The fourth-order valence-corrected chi connectivity index (χ4v) is 2.27. The van der Waals surface area contributed by atoms with Crippen LogP contribution >= 0.6 is 0 Å². The van der Waals surface area contributed by atoms with Gasteiger partial charge in [0.1, 0.15) is 5.75 Å². The number of benzene rings is 1. The van der Waals surface area contributed by atoms with Gasteiger partial charge in [0.15, 0.2) is 0 Å². The van der Waals surface area contributed by atoms with Crippen LogP contribution in [-0.2, 0) is 9.53 Å². The second-order valence-corrected chi connectivity index (χ2v) is 5.29. The second-order valence-electron chi connectivity index (χ2n) is 5.29. The first kappa shape index (κ1) is 19.0. The zero-order valence-corrected chi connectivity index (χ0v) is 14.3. The van der Waals surface area contributed by atoms with Crippen LogP contribution in [-0.4, -0.2) is 43.6 Å². The van der Waals surface area contributed by atoms with Crippen LogP contribution in [0.2, 0.25) is 0 Å². The van der Waals surface area contributed by atoms with Crippen molar-refractivity contribution in [2.45, 2.75) is 39.5 Å². The minimum absolute atomic E-state index is 0.0794. The third-order valence-electron chi connectivity index (χ3n) is 3.53. The first-order valence-corrected chi connectivity index (χ1v) is 8.21. The van der Waals surface area contributed by atoms with Gasteiger partial charge in [-0.1, -0.05) is 25.8 Å². The van der Waals surface area contributed by atoms with Gasteiger partial charge in [-0.25, -0.2) is 0 Å². The van der Waals surface area contributed by atoms with Crippen LogP contribution in [0.15, 0.2) is 24.3 Å². The zero-order chi connectivity index (χ0) is 17.1. The molecule has 0 aromatic heterocycles. The minimum atomic E-state index is -0.272. The maximum absolute atomic E-state index is 12.7. The predicted octanol–water partition coefficient (Wildman–Crippen LogP) is 3.28. The maximum atomic E-state index is 12.7. The third-order valence-corrected chi connectivity index (χ3v) is 3.53. The van der Waals surface area contributed by atoms with Crippen molar-refractivity contribution in [3.05, 3.63) is 29.8 Å². The monoisotopic (exact) mass is 321 g/mol. The van der Waals surface area contributed by atoms with E-state index < -0.39 is 0 Å². The number of hydrogen-bond acceptors (Lipinski definition) is 4. The van der Waals surface area contributed by atoms with E-state index in [2.05, 4.69) is 6.92 Å². The number of unbranched alkanes of at least 4 members (excludes halogenated alkanes) is 2. The van der Waals surface area contributed by atoms with Crippen molar-refractivity contribution in [1.82, 2.24) is 4.90 Å². The number of carbonyl (C=O) groups excluding carboxylic acids is 2. The predicted molar refractivity (Wildman–Crippen MR) is 89.7 cm³/mol. The topological polar surface area (TPSA) is 55.8 Å². The number of nitrogens with zero attached hydrogens (tertiary/aromatic N) is 1. The number of hydrogen-bond donors (Lipinski definition) is 0. The highest BCUT2D eigenvalue weighted by atomic mass is 16.5. The van der Waals surface area contributed by atoms with E-state index in [4.69, 9.17) is 9.47 Å². The van der Waals surface area contributed by atoms with Crippen molar-refractivity contribution in [2.75, 3.05) is 26.8 Å². The summed E-state index contributed by atoms with van der Waals surface area (Å²) in [5.74, 6) is 0.297. The molecule has 0 bridgehead atoms. The Morgan fingerprint density at radius 1 is 1.13 bits per heavy atom. The molecule has 128 valence electrons. The smallest absolute Gasteiger partial charge is 0.307 e. The summed E-state index contributed by atoms with van der Waals surface area (Å²) in [5, 5.41) is 0. The van der Waals surface area contributed by atoms with Gasteiger partial charge >= 0.3 is 5.97 Å². The van der Waals surface area contributed by atoms with E-state index >= 15 is 0 Å². The molecule has 1 aromatic rings. The summed E-state index contributed by atoms with van der Waals surface area (Å²) < 4.78 is 10.1. The van der Waals surface area contributed by atoms with Gasteiger partial charge in [-0.3, -0.25) is 9.59 Å². The Kier molecular flexibility index (Phi) is 8.80. The molecular weight excluding hydrogens is 294 g/mol. The lowest BCUT2D eigenvalue weighted by molar-refractivity contribution is -0.143. The molecule has 0 atom stereocenters. The Morgan fingerprint density at radius 3 is 2.57 bits per heavy atom. The molecule has 0 aliphatic carbocycles. The molecule has 1 aromatic carbocycles. The maximum Gasteiger partial charge on any atom is 0.307 e. The van der Waals surface area contributed by atoms with Gasteiger partial charge in [-0.15, -0.1) is 0 Å². The van der Waals surface area contributed by atoms with Crippen LogP contribution in [0.4, 0.5) is 0 Å². The van der Waals surface area contributed by atoms with Gasteiger partial charge in [-0.05, 0) is 31.5 Å². The average molecular weight is 321 g/mol. The van der Waals surface area contributed by atoms with E-state index in [0.717, 1.165) is 19.3 Å². The normalized spacial score (nSPS) is 10.2. The number of methoxy groups -OCH3 is 1. The molecule has 1 amide bonds. The van der Waals surface area contributed by atoms with Crippen LogP contribution in [0.1, 0.15) is 49.9 Å². The fraction of sp³-hybridized carbons (Fsp3) is 0.556. The van der Waals surface area contributed by atoms with Crippen molar-refractivity contribution in [2.24, 2.45) is 0 Å². The average Bonchev–Trinajstić information content (AvgIpc) is 2.57. The molecule has 0 N–H and O–H groups in total. The summed E-state index contributed by atoms with van der Waals surface area (Å²) in [4.78, 5) is 26.0. The quantitative estimate of drug-likeness (QED) is 0.490. The first-order chi connectivity index (χ1) is 11.1. The number of amides is 1. The SMILES string of the molecule is CCCCCN(CCC(=O)OCC)C(=O)c1cccc(OC)c1. The third kappa shape index (κ3) is 6.72. The van der Waals surface area contributed by atoms with Gasteiger partial charge in [0.25, 0.3) is 5.91 Å². The summed E-state index contributed by atoms with van der Waals surface area (Å²) >= 11 is 0. The number of carbonyl (C=O) groups is 2. The van der Waals surface area contributed by atoms with E-state index in [1.165, 1.54) is 0 Å². The van der Waals surface area contributed by atoms with Crippen LogP contribution in [0, 0.1) is 0 Å². The largest absolute Gasteiger partial charge is 0.497 e. The van der Waals surface area contributed by atoms with E-state index in [1.54, 1.807) is 43.2 Å². The molecule has 0 fully saturated rings. The van der Waals surface area contributed by atoms with Crippen LogP contribution < -0.4 is 4.74 Å². The zero-order valence-electron chi connectivity index (χ0n) is 14.3. The molecule has 23 heavy (non-hydrogen) atoms. The Hall–Kier alpha value is -2.04. The lowest BCUT2D eigenvalue weighted by Crippen LogP contribution is -2.34. The summed E-state index contributed by atoms with van der Waals surface area (Å²) in [6.45, 7) is 5.27. The lowest BCUT2D eigenvalue weighted by atomic mass is 10.1. The standard InChI is InChI=1S/C18H27NO4/c1-4-6-7-12-19(13-11-17(20)23-5-2)18(21)15-9-8-10-16(14-15)22-3/h8-10,14H,4-7,11-13H2,1-3H3. The van der Waals surface area contributed by atoms with Crippen molar-refractivity contribution in [3.8, 4) is 5.75 Å². The Balaban J connectivity index is 2.75.